The number of imidazole rings is 1. The fourth-order valence-corrected chi connectivity index (χ4v) is 2.47. The van der Waals surface area contributed by atoms with Crippen molar-refractivity contribution < 1.29 is 0 Å². The van der Waals surface area contributed by atoms with E-state index < -0.39 is 0 Å². The van der Waals surface area contributed by atoms with Gasteiger partial charge in [-0.3, -0.25) is 4.98 Å². The summed E-state index contributed by atoms with van der Waals surface area (Å²) in [5.74, 6) is 0. The number of fused-ring (bicyclic) bond motifs is 3. The molecule has 0 aliphatic carbocycles. The van der Waals surface area contributed by atoms with E-state index in [0.717, 1.165) is 42.2 Å². The molecule has 94 valence electrons. The molecule has 5 nitrogen and oxygen atoms in total. The highest BCUT2D eigenvalue weighted by Gasteiger charge is 2.16. The van der Waals surface area contributed by atoms with E-state index in [0.29, 0.717) is 0 Å². The topological polar surface area (TPSA) is 55.1 Å². The van der Waals surface area contributed by atoms with Gasteiger partial charge in [0.05, 0.1) is 17.1 Å². The highest BCUT2D eigenvalue weighted by atomic mass is 15.3. The SMILES string of the molecule is c1ccc(-c2ccc3nc4c(n3n2)CNCC4)nc1. The molecule has 19 heavy (non-hydrogen) atoms. The fraction of sp³-hybridized carbons (Fsp3) is 0.214. The van der Waals surface area contributed by atoms with Crippen molar-refractivity contribution in [2.45, 2.75) is 13.0 Å². The molecule has 4 heterocycles. The van der Waals surface area contributed by atoms with Gasteiger partial charge >= 0.3 is 0 Å². The molecule has 4 rings (SSSR count). The van der Waals surface area contributed by atoms with Crippen LogP contribution in [0.4, 0.5) is 0 Å². The summed E-state index contributed by atoms with van der Waals surface area (Å²) in [6.07, 6.45) is 2.75. The first-order valence-electron chi connectivity index (χ1n) is 6.41. The van der Waals surface area contributed by atoms with Gasteiger partial charge in [0.25, 0.3) is 0 Å². The molecule has 0 fully saturated rings. The van der Waals surface area contributed by atoms with Crippen molar-refractivity contribution >= 4 is 5.65 Å². The van der Waals surface area contributed by atoms with Crippen molar-refractivity contribution in [1.82, 2.24) is 24.9 Å². The van der Waals surface area contributed by atoms with E-state index in [2.05, 4.69) is 20.4 Å². The normalized spacial score (nSPS) is 14.5. The number of nitrogens with zero attached hydrogens (tertiary/aromatic N) is 4. The minimum Gasteiger partial charge on any atom is -0.311 e. The van der Waals surface area contributed by atoms with Gasteiger partial charge in [-0.05, 0) is 24.3 Å². The van der Waals surface area contributed by atoms with Crippen molar-refractivity contribution in [2.24, 2.45) is 0 Å². The molecular formula is C14H13N5. The second-order valence-corrected chi connectivity index (χ2v) is 4.64. The maximum absolute atomic E-state index is 4.67. The predicted molar refractivity (Wildman–Crippen MR) is 71.6 cm³/mol. The van der Waals surface area contributed by atoms with Crippen LogP contribution in [0.3, 0.4) is 0 Å². The Balaban J connectivity index is 1.91. The van der Waals surface area contributed by atoms with Gasteiger partial charge < -0.3 is 5.32 Å². The van der Waals surface area contributed by atoms with Crippen LogP contribution in [0.5, 0.6) is 0 Å². The van der Waals surface area contributed by atoms with Crippen molar-refractivity contribution in [3.8, 4) is 11.4 Å². The number of aromatic nitrogens is 4. The molecular weight excluding hydrogens is 238 g/mol. The first kappa shape index (κ1) is 10.6. The Labute approximate surface area is 110 Å². The Kier molecular flexibility index (Phi) is 2.31. The molecule has 3 aromatic rings. The lowest BCUT2D eigenvalue weighted by molar-refractivity contribution is 0.611. The lowest BCUT2D eigenvalue weighted by Crippen LogP contribution is -2.24. The molecule has 1 aliphatic heterocycles. The summed E-state index contributed by atoms with van der Waals surface area (Å²) in [6, 6.07) is 9.83. The Morgan fingerprint density at radius 3 is 3.00 bits per heavy atom. The molecule has 5 heteroatoms. The van der Waals surface area contributed by atoms with Gasteiger partial charge in [-0.1, -0.05) is 6.07 Å². The quantitative estimate of drug-likeness (QED) is 0.711. The molecule has 0 saturated carbocycles. The molecule has 1 aliphatic rings. The minimum atomic E-state index is 0.829. The van der Waals surface area contributed by atoms with Gasteiger partial charge in [0, 0.05) is 25.7 Å². The van der Waals surface area contributed by atoms with E-state index >= 15 is 0 Å². The average molecular weight is 251 g/mol. The molecule has 0 aromatic carbocycles. The predicted octanol–water partition coefficient (Wildman–Crippen LogP) is 1.44. The van der Waals surface area contributed by atoms with Crippen molar-refractivity contribution in [2.75, 3.05) is 6.54 Å². The van der Waals surface area contributed by atoms with Crippen LogP contribution in [0.2, 0.25) is 0 Å². The summed E-state index contributed by atoms with van der Waals surface area (Å²) in [5.41, 5.74) is 4.99. The third kappa shape index (κ3) is 1.70. The van der Waals surface area contributed by atoms with Crippen LogP contribution in [-0.2, 0) is 13.0 Å². The lowest BCUT2D eigenvalue weighted by Gasteiger charge is -2.11. The highest BCUT2D eigenvalue weighted by Crippen LogP contribution is 2.18. The monoisotopic (exact) mass is 251 g/mol. The zero-order valence-electron chi connectivity index (χ0n) is 10.4. The molecule has 1 N–H and O–H groups in total. The van der Waals surface area contributed by atoms with Crippen molar-refractivity contribution in [3.63, 3.8) is 0 Å². The van der Waals surface area contributed by atoms with E-state index in [1.54, 1.807) is 6.20 Å². The zero-order chi connectivity index (χ0) is 12.7. The lowest BCUT2D eigenvalue weighted by atomic mass is 10.2. The Morgan fingerprint density at radius 2 is 2.11 bits per heavy atom. The third-order valence-corrected chi connectivity index (χ3v) is 3.41. The average Bonchev–Trinajstić information content (AvgIpc) is 2.86. The highest BCUT2D eigenvalue weighted by molar-refractivity contribution is 5.56. The summed E-state index contributed by atoms with van der Waals surface area (Å²) < 4.78 is 1.94. The maximum Gasteiger partial charge on any atom is 0.154 e. The second-order valence-electron chi connectivity index (χ2n) is 4.64. The summed E-state index contributed by atoms with van der Waals surface area (Å²) in [5, 5.41) is 8.03. The summed E-state index contributed by atoms with van der Waals surface area (Å²) in [4.78, 5) is 8.97. The third-order valence-electron chi connectivity index (χ3n) is 3.41. The summed E-state index contributed by atoms with van der Waals surface area (Å²) in [7, 11) is 0. The molecule has 0 radical (unpaired) electrons. The van der Waals surface area contributed by atoms with Crippen molar-refractivity contribution in [1.29, 1.82) is 0 Å². The van der Waals surface area contributed by atoms with Gasteiger partial charge in [0.1, 0.15) is 5.69 Å². The van der Waals surface area contributed by atoms with Crippen LogP contribution >= 0.6 is 0 Å². The van der Waals surface area contributed by atoms with Gasteiger partial charge in [-0.25, -0.2) is 9.50 Å². The number of pyridine rings is 1. The largest absolute Gasteiger partial charge is 0.311 e. The molecule has 0 saturated heterocycles. The van der Waals surface area contributed by atoms with E-state index in [-0.39, 0.29) is 0 Å². The molecule has 0 spiro atoms. The van der Waals surface area contributed by atoms with Crippen LogP contribution in [0.15, 0.2) is 36.5 Å². The Bertz CT molecular complexity index is 732. The number of hydrogen-bond donors (Lipinski definition) is 1. The van der Waals surface area contributed by atoms with Gasteiger partial charge in [0.15, 0.2) is 5.65 Å². The Morgan fingerprint density at radius 1 is 1.11 bits per heavy atom. The van der Waals surface area contributed by atoms with Gasteiger partial charge in [-0.15, -0.1) is 0 Å². The maximum atomic E-state index is 4.67. The number of nitrogens with one attached hydrogen (secondary N) is 1. The number of hydrogen-bond acceptors (Lipinski definition) is 4. The van der Waals surface area contributed by atoms with E-state index in [1.165, 1.54) is 5.69 Å². The van der Waals surface area contributed by atoms with Gasteiger partial charge in [0.2, 0.25) is 0 Å². The van der Waals surface area contributed by atoms with Crippen LogP contribution in [0.1, 0.15) is 11.4 Å². The zero-order valence-corrected chi connectivity index (χ0v) is 10.4. The molecule has 3 aromatic heterocycles. The first-order valence-corrected chi connectivity index (χ1v) is 6.41. The van der Waals surface area contributed by atoms with Crippen molar-refractivity contribution in [3.05, 3.63) is 47.9 Å². The van der Waals surface area contributed by atoms with E-state index in [9.17, 15) is 0 Å². The van der Waals surface area contributed by atoms with E-state index in [1.807, 2.05) is 34.8 Å². The molecule has 0 bridgehead atoms. The fourth-order valence-electron chi connectivity index (χ4n) is 2.47. The van der Waals surface area contributed by atoms with E-state index in [4.69, 9.17) is 0 Å². The molecule has 0 atom stereocenters. The molecule has 0 unspecified atom stereocenters. The summed E-state index contributed by atoms with van der Waals surface area (Å²) in [6.45, 7) is 1.82. The van der Waals surface area contributed by atoms with Crippen LogP contribution in [0, 0.1) is 0 Å². The Hall–Kier alpha value is -2.27. The first-order chi connectivity index (χ1) is 9.42. The standard InChI is InChI=1S/C14H13N5/c1-2-7-16-10(3-1)11-4-5-14-17-12-6-8-15-9-13(12)19(14)18-11/h1-5,7,15H,6,8-9H2. The van der Waals surface area contributed by atoms with Crippen LogP contribution in [0.25, 0.3) is 17.0 Å². The van der Waals surface area contributed by atoms with Crippen LogP contribution < -0.4 is 5.32 Å². The van der Waals surface area contributed by atoms with Crippen LogP contribution in [-0.4, -0.2) is 26.1 Å². The summed E-state index contributed by atoms with van der Waals surface area (Å²) >= 11 is 0. The van der Waals surface area contributed by atoms with Gasteiger partial charge in [-0.2, -0.15) is 5.10 Å². The smallest absolute Gasteiger partial charge is 0.154 e. The molecule has 0 amide bonds. The number of rotatable bonds is 1. The second kappa shape index (κ2) is 4.13. The minimum absolute atomic E-state index is 0.829.